The van der Waals surface area contributed by atoms with Crippen LogP contribution in [-0.2, 0) is 11.2 Å². The largest absolute Gasteiger partial charge is 0.352 e. The standard InChI is InChI=1S/C14H16N4O2/c1-10(19)17-13-4-2-3-11(9-13)14(20)15-7-5-12-6-8-16-18-12/h2-4,6,8-9H,5,7H2,1H3,(H,15,20)(H,16,18)(H,17,19). The van der Waals surface area contributed by atoms with Gasteiger partial charge in [-0.1, -0.05) is 6.07 Å². The molecule has 0 radical (unpaired) electrons. The molecule has 0 aliphatic carbocycles. The van der Waals surface area contributed by atoms with Gasteiger partial charge in [0, 0.05) is 43.0 Å². The Morgan fingerprint density at radius 3 is 2.85 bits per heavy atom. The van der Waals surface area contributed by atoms with E-state index in [4.69, 9.17) is 0 Å². The van der Waals surface area contributed by atoms with Gasteiger partial charge in [-0.25, -0.2) is 0 Å². The Kier molecular flexibility index (Phi) is 4.49. The maximum absolute atomic E-state index is 12.0. The lowest BCUT2D eigenvalue weighted by atomic mass is 10.2. The van der Waals surface area contributed by atoms with Crippen molar-refractivity contribution in [1.82, 2.24) is 15.5 Å². The van der Waals surface area contributed by atoms with Crippen molar-refractivity contribution in [2.45, 2.75) is 13.3 Å². The first-order chi connectivity index (χ1) is 9.65. The first-order valence-corrected chi connectivity index (χ1v) is 6.29. The van der Waals surface area contributed by atoms with Gasteiger partial charge in [0.15, 0.2) is 0 Å². The molecule has 1 heterocycles. The van der Waals surface area contributed by atoms with Crippen molar-refractivity contribution in [2.75, 3.05) is 11.9 Å². The van der Waals surface area contributed by atoms with E-state index in [1.807, 2.05) is 6.07 Å². The Balaban J connectivity index is 1.90. The highest BCUT2D eigenvalue weighted by atomic mass is 16.2. The fourth-order valence-electron chi connectivity index (χ4n) is 1.78. The van der Waals surface area contributed by atoms with Crippen molar-refractivity contribution >= 4 is 17.5 Å². The number of amides is 2. The van der Waals surface area contributed by atoms with Gasteiger partial charge < -0.3 is 10.6 Å². The van der Waals surface area contributed by atoms with E-state index in [0.29, 0.717) is 24.2 Å². The molecule has 2 aromatic rings. The molecule has 0 bridgehead atoms. The number of anilines is 1. The topological polar surface area (TPSA) is 86.9 Å². The number of carbonyl (C=O) groups excluding carboxylic acids is 2. The number of nitrogens with one attached hydrogen (secondary N) is 3. The molecular formula is C14H16N4O2. The molecule has 0 aliphatic heterocycles. The summed E-state index contributed by atoms with van der Waals surface area (Å²) in [6.07, 6.45) is 2.37. The zero-order chi connectivity index (χ0) is 14.4. The fraction of sp³-hybridized carbons (Fsp3) is 0.214. The molecule has 6 nitrogen and oxygen atoms in total. The summed E-state index contributed by atoms with van der Waals surface area (Å²) in [5.74, 6) is -0.335. The highest BCUT2D eigenvalue weighted by Crippen LogP contribution is 2.10. The molecule has 2 rings (SSSR count). The molecule has 1 aromatic heterocycles. The minimum atomic E-state index is -0.170. The lowest BCUT2D eigenvalue weighted by Gasteiger charge is -2.07. The van der Waals surface area contributed by atoms with Crippen molar-refractivity contribution in [3.63, 3.8) is 0 Å². The van der Waals surface area contributed by atoms with Gasteiger partial charge in [-0.15, -0.1) is 0 Å². The molecule has 0 aliphatic rings. The van der Waals surface area contributed by atoms with Crippen LogP contribution in [0.2, 0.25) is 0 Å². The number of nitrogens with zero attached hydrogens (tertiary/aromatic N) is 1. The van der Waals surface area contributed by atoms with Crippen LogP contribution >= 0.6 is 0 Å². The van der Waals surface area contributed by atoms with Crippen molar-refractivity contribution in [2.24, 2.45) is 0 Å². The summed E-state index contributed by atoms with van der Waals surface area (Å²) in [4.78, 5) is 22.9. The molecule has 0 spiro atoms. The van der Waals surface area contributed by atoms with Gasteiger partial charge in [0.1, 0.15) is 0 Å². The molecule has 20 heavy (non-hydrogen) atoms. The number of carbonyl (C=O) groups is 2. The lowest BCUT2D eigenvalue weighted by Crippen LogP contribution is -2.25. The number of aromatic amines is 1. The number of benzene rings is 1. The van der Waals surface area contributed by atoms with Gasteiger partial charge in [0.25, 0.3) is 5.91 Å². The van der Waals surface area contributed by atoms with E-state index in [1.165, 1.54) is 6.92 Å². The Hall–Kier alpha value is -2.63. The van der Waals surface area contributed by atoms with Crippen LogP contribution in [0, 0.1) is 0 Å². The highest BCUT2D eigenvalue weighted by molar-refractivity contribution is 5.96. The summed E-state index contributed by atoms with van der Waals surface area (Å²) < 4.78 is 0. The maximum Gasteiger partial charge on any atom is 0.251 e. The molecule has 0 saturated carbocycles. The third-order valence-electron chi connectivity index (χ3n) is 2.68. The number of H-pyrrole nitrogens is 1. The van der Waals surface area contributed by atoms with Crippen molar-refractivity contribution in [1.29, 1.82) is 0 Å². The van der Waals surface area contributed by atoms with Crippen LogP contribution in [0.1, 0.15) is 23.0 Å². The van der Waals surface area contributed by atoms with Gasteiger partial charge in [-0.05, 0) is 24.3 Å². The SMILES string of the molecule is CC(=O)Nc1cccc(C(=O)NCCc2ccn[nH]2)c1. The quantitative estimate of drug-likeness (QED) is 0.767. The average molecular weight is 272 g/mol. The smallest absolute Gasteiger partial charge is 0.251 e. The molecule has 104 valence electrons. The molecule has 0 fully saturated rings. The third kappa shape index (κ3) is 3.94. The molecule has 3 N–H and O–H groups in total. The molecule has 0 unspecified atom stereocenters. The Morgan fingerprint density at radius 1 is 1.30 bits per heavy atom. The van der Waals surface area contributed by atoms with Crippen LogP contribution in [0.15, 0.2) is 36.5 Å². The third-order valence-corrected chi connectivity index (χ3v) is 2.68. The van der Waals surface area contributed by atoms with E-state index in [0.717, 1.165) is 5.69 Å². The predicted octanol–water partition coefficient (Wildman–Crippen LogP) is 1.34. The normalized spacial score (nSPS) is 10.1. The van der Waals surface area contributed by atoms with Crippen LogP contribution in [0.4, 0.5) is 5.69 Å². The van der Waals surface area contributed by atoms with E-state index in [-0.39, 0.29) is 11.8 Å². The van der Waals surface area contributed by atoms with E-state index < -0.39 is 0 Å². The second kappa shape index (κ2) is 6.51. The van der Waals surface area contributed by atoms with Crippen LogP contribution in [0.25, 0.3) is 0 Å². The summed E-state index contributed by atoms with van der Waals surface area (Å²) >= 11 is 0. The first-order valence-electron chi connectivity index (χ1n) is 6.29. The Labute approximate surface area is 116 Å². The predicted molar refractivity (Wildman–Crippen MR) is 75.4 cm³/mol. The Morgan fingerprint density at radius 2 is 2.15 bits per heavy atom. The second-order valence-corrected chi connectivity index (χ2v) is 4.35. The average Bonchev–Trinajstić information content (AvgIpc) is 2.91. The zero-order valence-corrected chi connectivity index (χ0v) is 11.1. The summed E-state index contributed by atoms with van der Waals surface area (Å²) in [6, 6.07) is 8.69. The van der Waals surface area contributed by atoms with Crippen LogP contribution in [0.5, 0.6) is 0 Å². The number of aromatic nitrogens is 2. The number of hydrogen-bond donors (Lipinski definition) is 3. The van der Waals surface area contributed by atoms with Gasteiger partial charge in [0.2, 0.25) is 5.91 Å². The van der Waals surface area contributed by atoms with Crippen molar-refractivity contribution in [3.05, 3.63) is 47.8 Å². The molecule has 0 atom stereocenters. The van der Waals surface area contributed by atoms with Crippen molar-refractivity contribution < 1.29 is 9.59 Å². The second-order valence-electron chi connectivity index (χ2n) is 4.35. The van der Waals surface area contributed by atoms with Crippen LogP contribution in [-0.4, -0.2) is 28.6 Å². The monoisotopic (exact) mass is 272 g/mol. The minimum absolute atomic E-state index is 0.165. The lowest BCUT2D eigenvalue weighted by molar-refractivity contribution is -0.114. The summed E-state index contributed by atoms with van der Waals surface area (Å²) in [6.45, 7) is 1.95. The molecular weight excluding hydrogens is 256 g/mol. The highest BCUT2D eigenvalue weighted by Gasteiger charge is 2.06. The van der Waals surface area contributed by atoms with E-state index in [1.54, 1.807) is 30.5 Å². The maximum atomic E-state index is 12.0. The summed E-state index contributed by atoms with van der Waals surface area (Å²) in [5, 5.41) is 12.1. The van der Waals surface area contributed by atoms with Gasteiger partial charge in [-0.2, -0.15) is 5.10 Å². The van der Waals surface area contributed by atoms with Crippen LogP contribution in [0.3, 0.4) is 0 Å². The van der Waals surface area contributed by atoms with E-state index >= 15 is 0 Å². The van der Waals surface area contributed by atoms with Crippen molar-refractivity contribution in [3.8, 4) is 0 Å². The molecule has 6 heteroatoms. The first kappa shape index (κ1) is 13.8. The van der Waals surface area contributed by atoms with Gasteiger partial charge >= 0.3 is 0 Å². The van der Waals surface area contributed by atoms with Gasteiger partial charge in [0.05, 0.1) is 0 Å². The summed E-state index contributed by atoms with van der Waals surface area (Å²) in [7, 11) is 0. The van der Waals surface area contributed by atoms with E-state index in [9.17, 15) is 9.59 Å². The Bertz CT molecular complexity index is 593. The molecule has 0 saturated heterocycles. The molecule has 1 aromatic carbocycles. The van der Waals surface area contributed by atoms with Gasteiger partial charge in [-0.3, -0.25) is 14.7 Å². The number of rotatable bonds is 5. The summed E-state index contributed by atoms with van der Waals surface area (Å²) in [5.41, 5.74) is 2.09. The number of hydrogen-bond acceptors (Lipinski definition) is 3. The molecule has 2 amide bonds. The van der Waals surface area contributed by atoms with Crippen LogP contribution < -0.4 is 10.6 Å². The minimum Gasteiger partial charge on any atom is -0.352 e. The van der Waals surface area contributed by atoms with E-state index in [2.05, 4.69) is 20.8 Å². The zero-order valence-electron chi connectivity index (χ0n) is 11.1. The fourth-order valence-corrected chi connectivity index (χ4v) is 1.78.